The van der Waals surface area contributed by atoms with Crippen LogP contribution in [0.3, 0.4) is 0 Å². The highest BCUT2D eigenvalue weighted by Crippen LogP contribution is 2.47. The Morgan fingerprint density at radius 1 is 1.33 bits per heavy atom. The molecule has 0 radical (unpaired) electrons. The average Bonchev–Trinajstić information content (AvgIpc) is 2.47. The molecule has 114 valence electrons. The van der Waals surface area contributed by atoms with E-state index >= 15 is 0 Å². The Morgan fingerprint density at radius 2 is 2.10 bits per heavy atom. The van der Waals surface area contributed by atoms with Crippen LogP contribution >= 0.6 is 0 Å². The summed E-state index contributed by atoms with van der Waals surface area (Å²) in [6, 6.07) is 7.14. The van der Waals surface area contributed by atoms with Crippen LogP contribution in [0, 0.1) is 5.92 Å². The Balaban J connectivity index is 2.53. The summed E-state index contributed by atoms with van der Waals surface area (Å²) in [7, 11) is 1.54. The maximum absolute atomic E-state index is 11.7. The second-order valence-electron chi connectivity index (χ2n) is 5.60. The van der Waals surface area contributed by atoms with E-state index in [0.29, 0.717) is 18.6 Å². The van der Waals surface area contributed by atoms with Crippen LogP contribution in [0.4, 0.5) is 0 Å². The first-order valence-electron chi connectivity index (χ1n) is 7.09. The quantitative estimate of drug-likeness (QED) is 0.871. The van der Waals surface area contributed by atoms with Gasteiger partial charge >= 0.3 is 11.9 Å². The lowest BCUT2D eigenvalue weighted by molar-refractivity contribution is -0.148. The minimum absolute atomic E-state index is 0.170. The minimum atomic E-state index is -0.967. The lowest BCUT2D eigenvalue weighted by Gasteiger charge is -2.41. The van der Waals surface area contributed by atoms with Crippen molar-refractivity contribution in [3.8, 4) is 5.75 Å². The summed E-state index contributed by atoms with van der Waals surface area (Å²) in [6.45, 7) is 0. The van der Waals surface area contributed by atoms with E-state index in [1.165, 1.54) is 0 Å². The first kappa shape index (κ1) is 15.4. The van der Waals surface area contributed by atoms with Gasteiger partial charge < -0.3 is 14.9 Å². The second kappa shape index (κ2) is 6.16. The van der Waals surface area contributed by atoms with Gasteiger partial charge in [0.15, 0.2) is 0 Å². The van der Waals surface area contributed by atoms with Gasteiger partial charge in [0.2, 0.25) is 0 Å². The van der Waals surface area contributed by atoms with Gasteiger partial charge in [-0.05, 0) is 30.5 Å². The maximum atomic E-state index is 11.7. The topological polar surface area (TPSA) is 83.8 Å². The number of carboxylic acids is 2. The van der Waals surface area contributed by atoms with Crippen molar-refractivity contribution in [1.29, 1.82) is 0 Å². The van der Waals surface area contributed by atoms with Gasteiger partial charge in [-0.15, -0.1) is 0 Å². The molecule has 1 aromatic carbocycles. The molecule has 0 aromatic heterocycles. The van der Waals surface area contributed by atoms with Gasteiger partial charge in [-0.3, -0.25) is 9.59 Å². The predicted molar refractivity (Wildman–Crippen MR) is 76.5 cm³/mol. The largest absolute Gasteiger partial charge is 0.497 e. The summed E-state index contributed by atoms with van der Waals surface area (Å²) in [4.78, 5) is 23.0. The van der Waals surface area contributed by atoms with Crippen molar-refractivity contribution in [2.45, 2.75) is 37.5 Å². The van der Waals surface area contributed by atoms with E-state index in [0.717, 1.165) is 18.4 Å². The zero-order valence-corrected chi connectivity index (χ0v) is 12.0. The fraction of sp³-hybridized carbons (Fsp3) is 0.500. The Kier molecular flexibility index (Phi) is 4.50. The molecule has 0 saturated heterocycles. The molecule has 0 heterocycles. The van der Waals surface area contributed by atoms with E-state index in [2.05, 4.69) is 0 Å². The van der Waals surface area contributed by atoms with Crippen molar-refractivity contribution in [1.82, 2.24) is 0 Å². The average molecular weight is 292 g/mol. The normalized spacial score (nSPS) is 25.3. The fourth-order valence-corrected chi connectivity index (χ4v) is 3.46. The molecular formula is C16H20O5. The van der Waals surface area contributed by atoms with Gasteiger partial charge in [0.1, 0.15) is 5.75 Å². The van der Waals surface area contributed by atoms with Crippen LogP contribution in [-0.4, -0.2) is 29.3 Å². The zero-order valence-electron chi connectivity index (χ0n) is 12.0. The van der Waals surface area contributed by atoms with Crippen molar-refractivity contribution in [3.05, 3.63) is 29.8 Å². The fourth-order valence-electron chi connectivity index (χ4n) is 3.46. The monoisotopic (exact) mass is 292 g/mol. The van der Waals surface area contributed by atoms with E-state index in [-0.39, 0.29) is 6.42 Å². The summed E-state index contributed by atoms with van der Waals surface area (Å²) < 4.78 is 5.20. The minimum Gasteiger partial charge on any atom is -0.497 e. The van der Waals surface area contributed by atoms with Crippen LogP contribution in [0.5, 0.6) is 5.75 Å². The molecule has 2 rings (SSSR count). The van der Waals surface area contributed by atoms with E-state index in [9.17, 15) is 19.8 Å². The Bertz CT molecular complexity index is 539. The van der Waals surface area contributed by atoms with Gasteiger partial charge in [0.25, 0.3) is 0 Å². The van der Waals surface area contributed by atoms with Gasteiger partial charge in [0, 0.05) is 5.41 Å². The predicted octanol–water partition coefficient (Wildman–Crippen LogP) is 2.68. The molecule has 0 bridgehead atoms. The third-order valence-corrected chi connectivity index (χ3v) is 4.44. The van der Waals surface area contributed by atoms with E-state index < -0.39 is 23.3 Å². The Hall–Kier alpha value is -2.04. The molecule has 5 heteroatoms. The van der Waals surface area contributed by atoms with Gasteiger partial charge in [-0.25, -0.2) is 0 Å². The molecule has 1 fully saturated rings. The first-order valence-corrected chi connectivity index (χ1v) is 7.09. The molecule has 2 atom stereocenters. The second-order valence-corrected chi connectivity index (χ2v) is 5.60. The molecule has 1 aromatic rings. The number of carboxylic acid groups (broad SMARTS) is 2. The van der Waals surface area contributed by atoms with Crippen molar-refractivity contribution >= 4 is 11.9 Å². The standard InChI is InChI=1S/C16H20O5/c1-21-12-6-4-5-11(9-12)16(10-14(17)18)8-3-2-7-13(16)15(19)20/h4-6,9,13H,2-3,7-8,10H2,1H3,(H,17,18)(H,19,20). The highest BCUT2D eigenvalue weighted by Gasteiger charge is 2.47. The molecule has 2 unspecified atom stereocenters. The number of aliphatic carboxylic acids is 2. The highest BCUT2D eigenvalue weighted by atomic mass is 16.5. The van der Waals surface area contributed by atoms with Crippen molar-refractivity contribution in [2.24, 2.45) is 5.92 Å². The van der Waals surface area contributed by atoms with Crippen LogP contribution in [0.2, 0.25) is 0 Å². The molecule has 1 aliphatic carbocycles. The van der Waals surface area contributed by atoms with Crippen molar-refractivity contribution in [3.63, 3.8) is 0 Å². The Labute approximate surface area is 123 Å². The summed E-state index contributed by atoms with van der Waals surface area (Å²) in [5.41, 5.74) is -0.110. The first-order chi connectivity index (χ1) is 9.99. The molecule has 5 nitrogen and oxygen atoms in total. The molecular weight excluding hydrogens is 272 g/mol. The summed E-state index contributed by atoms with van der Waals surface area (Å²) in [6.07, 6.45) is 2.58. The molecule has 0 aliphatic heterocycles. The van der Waals surface area contributed by atoms with Crippen LogP contribution < -0.4 is 4.74 Å². The molecule has 1 aliphatic rings. The Morgan fingerprint density at radius 3 is 2.71 bits per heavy atom. The number of rotatable bonds is 5. The molecule has 0 spiro atoms. The van der Waals surface area contributed by atoms with Crippen LogP contribution in [0.15, 0.2) is 24.3 Å². The number of hydrogen-bond donors (Lipinski definition) is 2. The number of benzene rings is 1. The number of ether oxygens (including phenoxy) is 1. The van der Waals surface area contributed by atoms with E-state index in [4.69, 9.17) is 4.74 Å². The summed E-state index contributed by atoms with van der Waals surface area (Å²) in [5, 5.41) is 18.8. The zero-order chi connectivity index (χ0) is 15.5. The van der Waals surface area contributed by atoms with Crippen LogP contribution in [-0.2, 0) is 15.0 Å². The smallest absolute Gasteiger partial charge is 0.307 e. The van der Waals surface area contributed by atoms with Gasteiger partial charge in [-0.2, -0.15) is 0 Å². The molecule has 1 saturated carbocycles. The molecule has 2 N–H and O–H groups in total. The van der Waals surface area contributed by atoms with Crippen LogP contribution in [0.25, 0.3) is 0 Å². The van der Waals surface area contributed by atoms with E-state index in [1.807, 2.05) is 6.07 Å². The molecule has 0 amide bonds. The molecule has 21 heavy (non-hydrogen) atoms. The summed E-state index contributed by atoms with van der Waals surface area (Å²) >= 11 is 0. The lowest BCUT2D eigenvalue weighted by atomic mass is 9.61. The summed E-state index contributed by atoms with van der Waals surface area (Å²) in [5.74, 6) is -1.94. The van der Waals surface area contributed by atoms with E-state index in [1.54, 1.807) is 25.3 Å². The van der Waals surface area contributed by atoms with Gasteiger partial charge in [0.05, 0.1) is 19.4 Å². The SMILES string of the molecule is COc1cccc(C2(CC(=O)O)CCCCC2C(=O)O)c1. The van der Waals surface area contributed by atoms with Crippen molar-refractivity contribution in [2.75, 3.05) is 7.11 Å². The van der Waals surface area contributed by atoms with Gasteiger partial charge in [-0.1, -0.05) is 25.0 Å². The lowest BCUT2D eigenvalue weighted by Crippen LogP contribution is -2.44. The third kappa shape index (κ3) is 3.01. The van der Waals surface area contributed by atoms with Crippen LogP contribution in [0.1, 0.15) is 37.7 Å². The number of carbonyl (C=O) groups is 2. The number of hydrogen-bond acceptors (Lipinski definition) is 3. The number of methoxy groups -OCH3 is 1. The maximum Gasteiger partial charge on any atom is 0.307 e. The van der Waals surface area contributed by atoms with Crippen molar-refractivity contribution < 1.29 is 24.5 Å². The highest BCUT2D eigenvalue weighted by molar-refractivity contribution is 5.76. The third-order valence-electron chi connectivity index (χ3n) is 4.44.